The number of fused-ring (bicyclic) bond motifs is 1. The molecule has 1 N–H and O–H groups in total. The van der Waals surface area contributed by atoms with Crippen LogP contribution in [0.4, 0.5) is 11.4 Å². The molecular weight excluding hydrogens is 420 g/mol. The molecule has 2 heterocycles. The number of aryl methyl sites for hydroxylation is 2. The lowest BCUT2D eigenvalue weighted by atomic mass is 10.0. The van der Waals surface area contributed by atoms with Crippen LogP contribution in [0.25, 0.3) is 5.57 Å². The van der Waals surface area contributed by atoms with Crippen LogP contribution in [-0.4, -0.2) is 25.7 Å². The highest BCUT2D eigenvalue weighted by Crippen LogP contribution is 2.38. The van der Waals surface area contributed by atoms with Gasteiger partial charge in [-0.3, -0.25) is 9.59 Å². The Morgan fingerprint density at radius 2 is 1.61 bits per heavy atom. The van der Waals surface area contributed by atoms with Gasteiger partial charge in [-0.2, -0.15) is 0 Å². The predicted molar refractivity (Wildman–Crippen MR) is 125 cm³/mol. The minimum Gasteiger partial charge on any atom is -0.497 e. The summed E-state index contributed by atoms with van der Waals surface area (Å²) in [6, 6.07) is 17.9. The molecule has 33 heavy (non-hydrogen) atoms. The number of carbonyl (C=O) groups is 2. The van der Waals surface area contributed by atoms with E-state index in [0.717, 1.165) is 11.1 Å². The number of ether oxygens (including phenoxy) is 3. The van der Waals surface area contributed by atoms with Gasteiger partial charge < -0.3 is 19.5 Å². The number of hydrogen-bond donors (Lipinski definition) is 1. The first-order valence-corrected chi connectivity index (χ1v) is 10.5. The Labute approximate surface area is 191 Å². The summed E-state index contributed by atoms with van der Waals surface area (Å²) in [7, 11) is 1.58. The maximum Gasteiger partial charge on any atom is 0.282 e. The summed E-state index contributed by atoms with van der Waals surface area (Å²) in [5.41, 5.74) is 4.32. The molecule has 3 aromatic rings. The van der Waals surface area contributed by atoms with E-state index in [0.29, 0.717) is 39.8 Å². The minimum atomic E-state index is -0.424. The third kappa shape index (κ3) is 3.57. The first kappa shape index (κ1) is 20.6. The van der Waals surface area contributed by atoms with Gasteiger partial charge in [-0.15, -0.1) is 0 Å². The normalized spacial score (nSPS) is 14.8. The number of methoxy groups -OCH3 is 1. The first-order chi connectivity index (χ1) is 16.0. The SMILES string of the molecule is COc1ccc(C2=C(Nc3ccc4c(c3)OCO4)C(=O)N(c3ccc(C)c(C)c3)C2=O)cc1. The minimum absolute atomic E-state index is 0.149. The van der Waals surface area contributed by atoms with E-state index >= 15 is 0 Å². The zero-order chi connectivity index (χ0) is 23.1. The third-order valence-corrected chi connectivity index (χ3v) is 5.85. The fourth-order valence-corrected chi connectivity index (χ4v) is 3.89. The lowest BCUT2D eigenvalue weighted by Crippen LogP contribution is -2.32. The van der Waals surface area contributed by atoms with Gasteiger partial charge in [0, 0.05) is 11.8 Å². The Kier molecular flexibility index (Phi) is 5.01. The summed E-state index contributed by atoms with van der Waals surface area (Å²) < 4.78 is 16.1. The molecule has 0 bridgehead atoms. The van der Waals surface area contributed by atoms with Crippen molar-refractivity contribution < 1.29 is 23.8 Å². The Morgan fingerprint density at radius 1 is 0.848 bits per heavy atom. The zero-order valence-electron chi connectivity index (χ0n) is 18.5. The van der Waals surface area contributed by atoms with Crippen molar-refractivity contribution in [1.29, 1.82) is 0 Å². The first-order valence-electron chi connectivity index (χ1n) is 10.5. The van der Waals surface area contributed by atoms with Crippen molar-refractivity contribution in [2.45, 2.75) is 13.8 Å². The van der Waals surface area contributed by atoms with Gasteiger partial charge in [0.25, 0.3) is 11.8 Å². The van der Waals surface area contributed by atoms with Crippen LogP contribution in [0, 0.1) is 13.8 Å². The average molecular weight is 442 g/mol. The highest BCUT2D eigenvalue weighted by atomic mass is 16.7. The van der Waals surface area contributed by atoms with E-state index in [1.807, 2.05) is 26.0 Å². The Morgan fingerprint density at radius 3 is 2.33 bits per heavy atom. The summed E-state index contributed by atoms with van der Waals surface area (Å²) >= 11 is 0. The highest BCUT2D eigenvalue weighted by Gasteiger charge is 2.40. The highest BCUT2D eigenvalue weighted by molar-refractivity contribution is 6.46. The predicted octanol–water partition coefficient (Wildman–Crippen LogP) is 4.44. The number of carbonyl (C=O) groups excluding carboxylic acids is 2. The van der Waals surface area contributed by atoms with Crippen LogP contribution in [0.1, 0.15) is 16.7 Å². The second-order valence-electron chi connectivity index (χ2n) is 7.89. The molecule has 2 aliphatic heterocycles. The van der Waals surface area contributed by atoms with E-state index in [2.05, 4.69) is 5.32 Å². The van der Waals surface area contributed by atoms with Gasteiger partial charge in [-0.1, -0.05) is 18.2 Å². The molecular formula is C26H22N2O5. The molecule has 7 heteroatoms. The second-order valence-corrected chi connectivity index (χ2v) is 7.89. The van der Waals surface area contributed by atoms with Crippen LogP contribution >= 0.6 is 0 Å². The van der Waals surface area contributed by atoms with Crippen LogP contribution < -0.4 is 24.4 Å². The van der Waals surface area contributed by atoms with Crippen LogP contribution in [0.3, 0.4) is 0 Å². The summed E-state index contributed by atoms with van der Waals surface area (Å²) in [5, 5.41) is 3.15. The van der Waals surface area contributed by atoms with E-state index in [1.165, 1.54) is 4.90 Å². The number of hydrogen-bond acceptors (Lipinski definition) is 6. The smallest absolute Gasteiger partial charge is 0.282 e. The largest absolute Gasteiger partial charge is 0.497 e. The third-order valence-electron chi connectivity index (χ3n) is 5.85. The van der Waals surface area contributed by atoms with Crippen LogP contribution in [0.2, 0.25) is 0 Å². The fourth-order valence-electron chi connectivity index (χ4n) is 3.89. The van der Waals surface area contributed by atoms with Crippen LogP contribution in [0.15, 0.2) is 66.4 Å². The van der Waals surface area contributed by atoms with Gasteiger partial charge in [-0.25, -0.2) is 4.90 Å². The van der Waals surface area contributed by atoms with Gasteiger partial charge in [0.15, 0.2) is 11.5 Å². The lowest BCUT2D eigenvalue weighted by molar-refractivity contribution is -0.120. The molecule has 2 aliphatic rings. The zero-order valence-corrected chi connectivity index (χ0v) is 18.5. The van der Waals surface area contributed by atoms with E-state index < -0.39 is 11.8 Å². The Hall–Kier alpha value is -4.26. The van der Waals surface area contributed by atoms with E-state index in [1.54, 1.807) is 55.6 Å². The van der Waals surface area contributed by atoms with Crippen molar-refractivity contribution in [1.82, 2.24) is 0 Å². The molecule has 166 valence electrons. The summed E-state index contributed by atoms with van der Waals surface area (Å²) in [5.74, 6) is 1.06. The van der Waals surface area contributed by atoms with E-state index in [9.17, 15) is 9.59 Å². The van der Waals surface area contributed by atoms with Crippen molar-refractivity contribution >= 4 is 28.8 Å². The van der Waals surface area contributed by atoms with Crippen molar-refractivity contribution in [3.63, 3.8) is 0 Å². The second kappa shape index (κ2) is 8.02. The fraction of sp³-hybridized carbons (Fsp3) is 0.154. The van der Waals surface area contributed by atoms with E-state index in [-0.39, 0.29) is 12.5 Å². The number of nitrogens with one attached hydrogen (secondary N) is 1. The van der Waals surface area contributed by atoms with Gasteiger partial charge >= 0.3 is 0 Å². The lowest BCUT2D eigenvalue weighted by Gasteiger charge is -2.17. The van der Waals surface area contributed by atoms with Gasteiger partial charge in [0.1, 0.15) is 11.4 Å². The quantitative estimate of drug-likeness (QED) is 0.589. The molecule has 5 rings (SSSR count). The molecule has 3 aromatic carbocycles. The van der Waals surface area contributed by atoms with Crippen molar-refractivity contribution in [2.75, 3.05) is 24.1 Å². The molecule has 0 atom stereocenters. The monoisotopic (exact) mass is 442 g/mol. The number of benzene rings is 3. The standard InChI is InChI=1S/C26H22N2O5/c1-15-4-8-19(12-16(15)2)28-25(29)23(17-5-9-20(31-3)10-6-17)24(26(28)30)27-18-7-11-21-22(13-18)33-14-32-21/h4-13,27H,14H2,1-3H3. The molecule has 0 spiro atoms. The Balaban J connectivity index is 1.59. The maximum absolute atomic E-state index is 13.6. The number of amides is 2. The summed E-state index contributed by atoms with van der Waals surface area (Å²) in [4.78, 5) is 28.4. The Bertz CT molecular complexity index is 1310. The van der Waals surface area contributed by atoms with Crippen molar-refractivity contribution in [3.05, 3.63) is 83.1 Å². The molecule has 7 nitrogen and oxygen atoms in total. The molecule has 0 unspecified atom stereocenters. The maximum atomic E-state index is 13.6. The van der Waals surface area contributed by atoms with Gasteiger partial charge in [-0.05, 0) is 66.9 Å². The molecule has 0 fully saturated rings. The summed E-state index contributed by atoms with van der Waals surface area (Å²) in [6.45, 7) is 4.09. The molecule has 0 saturated carbocycles. The summed E-state index contributed by atoms with van der Waals surface area (Å²) in [6.07, 6.45) is 0. The number of nitrogens with zero attached hydrogens (tertiary/aromatic N) is 1. The van der Waals surface area contributed by atoms with Gasteiger partial charge in [0.05, 0.1) is 18.4 Å². The van der Waals surface area contributed by atoms with Gasteiger partial charge in [0.2, 0.25) is 6.79 Å². The molecule has 0 aromatic heterocycles. The van der Waals surface area contributed by atoms with Crippen molar-refractivity contribution in [3.8, 4) is 17.2 Å². The topological polar surface area (TPSA) is 77.1 Å². The average Bonchev–Trinajstić information content (AvgIpc) is 3.38. The molecule has 0 aliphatic carbocycles. The number of rotatable bonds is 5. The number of imide groups is 1. The molecule has 0 radical (unpaired) electrons. The molecule has 0 saturated heterocycles. The van der Waals surface area contributed by atoms with E-state index in [4.69, 9.17) is 14.2 Å². The van der Waals surface area contributed by atoms with Crippen molar-refractivity contribution in [2.24, 2.45) is 0 Å². The van der Waals surface area contributed by atoms with Crippen LogP contribution in [-0.2, 0) is 9.59 Å². The molecule has 2 amide bonds. The number of anilines is 2. The van der Waals surface area contributed by atoms with Crippen LogP contribution in [0.5, 0.6) is 17.2 Å².